The zero-order valence-corrected chi connectivity index (χ0v) is 8.62. The number of carbonyl (C=O) groups excluding carboxylic acids is 1. The molecular formula is C11H19NO. The van der Waals surface area contributed by atoms with Crippen LogP contribution in [0.15, 0.2) is 12.7 Å². The summed E-state index contributed by atoms with van der Waals surface area (Å²) in [5.41, 5.74) is 0. The summed E-state index contributed by atoms with van der Waals surface area (Å²) < 4.78 is 0. The summed E-state index contributed by atoms with van der Waals surface area (Å²) in [4.78, 5) is 13.7. The third kappa shape index (κ3) is 2.33. The first-order valence-electron chi connectivity index (χ1n) is 5.14. The Kier molecular flexibility index (Phi) is 3.52. The maximum Gasteiger partial charge on any atom is 0.225 e. The van der Waals surface area contributed by atoms with Crippen LogP contribution in [0.2, 0.25) is 0 Å². The Labute approximate surface area is 80.6 Å². The molecule has 0 unspecified atom stereocenters. The van der Waals surface area contributed by atoms with Crippen molar-refractivity contribution in [1.82, 2.24) is 4.90 Å². The Hall–Kier alpha value is -0.790. The second kappa shape index (κ2) is 4.45. The van der Waals surface area contributed by atoms with Crippen LogP contribution in [0.5, 0.6) is 0 Å². The fourth-order valence-electron chi connectivity index (χ4n) is 1.79. The summed E-state index contributed by atoms with van der Waals surface area (Å²) in [6.07, 6.45) is 3.99. The SMILES string of the molecule is C=CC[C@@H]1C[C@@H]1C(=O)N(CC)CC. The average molecular weight is 181 g/mol. The molecule has 0 aliphatic heterocycles. The Morgan fingerprint density at radius 2 is 2.15 bits per heavy atom. The summed E-state index contributed by atoms with van der Waals surface area (Å²) in [5, 5.41) is 0. The van der Waals surface area contributed by atoms with E-state index in [0.29, 0.717) is 17.7 Å². The molecule has 1 rings (SSSR count). The highest BCUT2D eigenvalue weighted by atomic mass is 16.2. The van der Waals surface area contributed by atoms with Crippen LogP contribution >= 0.6 is 0 Å². The minimum absolute atomic E-state index is 0.304. The number of rotatable bonds is 5. The molecule has 0 aromatic heterocycles. The van der Waals surface area contributed by atoms with Gasteiger partial charge in [-0.25, -0.2) is 0 Å². The first kappa shape index (κ1) is 10.3. The van der Waals surface area contributed by atoms with E-state index in [9.17, 15) is 4.79 Å². The minimum Gasteiger partial charge on any atom is -0.343 e. The topological polar surface area (TPSA) is 20.3 Å². The predicted octanol–water partition coefficient (Wildman–Crippen LogP) is 2.07. The highest BCUT2D eigenvalue weighted by Gasteiger charge is 2.43. The van der Waals surface area contributed by atoms with Gasteiger partial charge in [0.15, 0.2) is 0 Å². The van der Waals surface area contributed by atoms with Gasteiger partial charge in [-0.2, -0.15) is 0 Å². The monoisotopic (exact) mass is 181 g/mol. The first-order chi connectivity index (χ1) is 6.24. The fraction of sp³-hybridized carbons (Fsp3) is 0.727. The summed E-state index contributed by atoms with van der Waals surface area (Å²) in [6.45, 7) is 9.44. The van der Waals surface area contributed by atoms with Crippen LogP contribution in [0.4, 0.5) is 0 Å². The summed E-state index contributed by atoms with van der Waals surface area (Å²) in [7, 11) is 0. The Morgan fingerprint density at radius 3 is 2.62 bits per heavy atom. The van der Waals surface area contributed by atoms with E-state index in [1.165, 1.54) is 0 Å². The van der Waals surface area contributed by atoms with Crippen molar-refractivity contribution in [3.05, 3.63) is 12.7 Å². The lowest BCUT2D eigenvalue weighted by atomic mass is 10.2. The lowest BCUT2D eigenvalue weighted by Crippen LogP contribution is -2.32. The minimum atomic E-state index is 0.304. The van der Waals surface area contributed by atoms with Gasteiger partial charge in [0.2, 0.25) is 5.91 Å². The van der Waals surface area contributed by atoms with E-state index in [1.54, 1.807) is 0 Å². The number of carbonyl (C=O) groups is 1. The van der Waals surface area contributed by atoms with Crippen molar-refractivity contribution < 1.29 is 4.79 Å². The third-order valence-corrected chi connectivity index (χ3v) is 2.78. The van der Waals surface area contributed by atoms with Crippen molar-refractivity contribution in [1.29, 1.82) is 0 Å². The molecule has 2 nitrogen and oxygen atoms in total. The number of amides is 1. The molecular weight excluding hydrogens is 162 g/mol. The van der Waals surface area contributed by atoms with E-state index in [2.05, 4.69) is 6.58 Å². The predicted molar refractivity (Wildman–Crippen MR) is 54.3 cm³/mol. The number of hydrogen-bond acceptors (Lipinski definition) is 1. The van der Waals surface area contributed by atoms with Crippen LogP contribution in [-0.2, 0) is 4.79 Å². The van der Waals surface area contributed by atoms with Gasteiger partial charge in [0.1, 0.15) is 0 Å². The number of hydrogen-bond donors (Lipinski definition) is 0. The molecule has 0 bridgehead atoms. The molecule has 0 heterocycles. The number of allylic oxidation sites excluding steroid dienone is 1. The molecule has 2 atom stereocenters. The molecule has 0 spiro atoms. The first-order valence-corrected chi connectivity index (χ1v) is 5.14. The molecule has 0 aromatic rings. The molecule has 1 amide bonds. The molecule has 2 heteroatoms. The van der Waals surface area contributed by atoms with Crippen LogP contribution < -0.4 is 0 Å². The van der Waals surface area contributed by atoms with Crippen LogP contribution in [-0.4, -0.2) is 23.9 Å². The van der Waals surface area contributed by atoms with Crippen LogP contribution in [0.25, 0.3) is 0 Å². The smallest absolute Gasteiger partial charge is 0.225 e. The molecule has 74 valence electrons. The standard InChI is InChI=1S/C11H19NO/c1-4-7-9-8-10(9)11(13)12(5-2)6-3/h4,9-10H,1,5-8H2,2-3H3/t9-,10+/m1/s1. The van der Waals surface area contributed by atoms with E-state index in [-0.39, 0.29) is 0 Å². The van der Waals surface area contributed by atoms with Crippen molar-refractivity contribution in [3.63, 3.8) is 0 Å². The van der Waals surface area contributed by atoms with Gasteiger partial charge in [-0.15, -0.1) is 6.58 Å². The molecule has 0 aromatic carbocycles. The van der Waals surface area contributed by atoms with Crippen LogP contribution in [0.1, 0.15) is 26.7 Å². The van der Waals surface area contributed by atoms with Gasteiger partial charge in [-0.1, -0.05) is 6.08 Å². The lowest BCUT2D eigenvalue weighted by Gasteiger charge is -2.18. The lowest BCUT2D eigenvalue weighted by molar-refractivity contribution is -0.132. The Balaban J connectivity index is 2.37. The maximum absolute atomic E-state index is 11.7. The van der Waals surface area contributed by atoms with Crippen molar-refractivity contribution in [3.8, 4) is 0 Å². The summed E-state index contributed by atoms with van der Waals surface area (Å²) >= 11 is 0. The van der Waals surface area contributed by atoms with Crippen molar-refractivity contribution in [2.75, 3.05) is 13.1 Å². The van der Waals surface area contributed by atoms with Gasteiger partial charge in [0.05, 0.1) is 0 Å². The normalized spacial score (nSPS) is 25.4. The molecule has 0 N–H and O–H groups in total. The molecule has 1 aliphatic rings. The van der Waals surface area contributed by atoms with E-state index in [4.69, 9.17) is 0 Å². The zero-order valence-electron chi connectivity index (χ0n) is 8.62. The Bertz CT molecular complexity index is 196. The molecule has 1 fully saturated rings. The molecule has 0 saturated heterocycles. The maximum atomic E-state index is 11.7. The third-order valence-electron chi connectivity index (χ3n) is 2.78. The molecule has 13 heavy (non-hydrogen) atoms. The molecule has 0 radical (unpaired) electrons. The van der Waals surface area contributed by atoms with E-state index in [0.717, 1.165) is 25.9 Å². The molecule has 1 aliphatic carbocycles. The summed E-state index contributed by atoms with van der Waals surface area (Å²) in [6, 6.07) is 0. The zero-order chi connectivity index (χ0) is 9.84. The van der Waals surface area contributed by atoms with Crippen LogP contribution in [0, 0.1) is 11.8 Å². The quantitative estimate of drug-likeness (QED) is 0.594. The second-order valence-corrected chi connectivity index (χ2v) is 3.64. The van der Waals surface area contributed by atoms with Crippen LogP contribution in [0.3, 0.4) is 0 Å². The number of nitrogens with zero attached hydrogens (tertiary/aromatic N) is 1. The largest absolute Gasteiger partial charge is 0.343 e. The van der Waals surface area contributed by atoms with Gasteiger partial charge in [0.25, 0.3) is 0 Å². The van der Waals surface area contributed by atoms with Crippen molar-refractivity contribution in [2.24, 2.45) is 11.8 Å². The van der Waals surface area contributed by atoms with Gasteiger partial charge in [0, 0.05) is 19.0 Å². The Morgan fingerprint density at radius 1 is 1.54 bits per heavy atom. The highest BCUT2D eigenvalue weighted by Crippen LogP contribution is 2.42. The summed E-state index contributed by atoms with van der Waals surface area (Å²) in [5.74, 6) is 1.24. The fourth-order valence-corrected chi connectivity index (χ4v) is 1.79. The van der Waals surface area contributed by atoms with Crippen molar-refractivity contribution in [2.45, 2.75) is 26.7 Å². The van der Waals surface area contributed by atoms with Gasteiger partial charge in [-0.3, -0.25) is 4.79 Å². The van der Waals surface area contributed by atoms with Gasteiger partial charge >= 0.3 is 0 Å². The van der Waals surface area contributed by atoms with Gasteiger partial charge in [-0.05, 0) is 32.6 Å². The van der Waals surface area contributed by atoms with E-state index in [1.807, 2.05) is 24.8 Å². The van der Waals surface area contributed by atoms with Gasteiger partial charge < -0.3 is 4.90 Å². The second-order valence-electron chi connectivity index (χ2n) is 3.64. The highest BCUT2D eigenvalue weighted by molar-refractivity contribution is 5.81. The molecule has 1 saturated carbocycles. The van der Waals surface area contributed by atoms with Crippen molar-refractivity contribution >= 4 is 5.91 Å². The average Bonchev–Trinajstić information content (AvgIpc) is 2.87. The van der Waals surface area contributed by atoms with E-state index >= 15 is 0 Å². The van der Waals surface area contributed by atoms with E-state index < -0.39 is 0 Å².